The van der Waals surface area contributed by atoms with Crippen molar-refractivity contribution >= 4 is 21.6 Å². The highest BCUT2D eigenvalue weighted by atomic mass is 35.5. The summed E-state index contributed by atoms with van der Waals surface area (Å²) in [5.41, 5.74) is 0. The van der Waals surface area contributed by atoms with E-state index in [9.17, 15) is 8.42 Å². The van der Waals surface area contributed by atoms with Gasteiger partial charge in [0.2, 0.25) is 0 Å². The van der Waals surface area contributed by atoms with Gasteiger partial charge in [-0.15, -0.1) is 0 Å². The molecular weight excluding hydrogens is 276 g/mol. The molecule has 2 aliphatic rings. The first kappa shape index (κ1) is 12.4. The molecule has 2 atom stereocenters. The lowest BCUT2D eigenvalue weighted by Crippen LogP contribution is -2.33. The van der Waals surface area contributed by atoms with Crippen LogP contribution in [-0.4, -0.2) is 48.7 Å². The number of hydrogen-bond acceptors (Lipinski definition) is 4. The Kier molecular flexibility index (Phi) is 2.89. The quantitative estimate of drug-likeness (QED) is 0.827. The number of hydrogen-bond donors (Lipinski definition) is 1. The van der Waals surface area contributed by atoms with E-state index >= 15 is 0 Å². The van der Waals surface area contributed by atoms with Crippen LogP contribution < -0.4 is 5.32 Å². The zero-order valence-electron chi connectivity index (χ0n) is 10.0. The maximum atomic E-state index is 12.5. The Morgan fingerprint density at radius 2 is 2.00 bits per heavy atom. The molecule has 1 N–H and O–H groups in total. The van der Waals surface area contributed by atoms with Gasteiger partial charge in [-0.05, 0) is 24.9 Å². The molecule has 0 radical (unpaired) electrons. The lowest BCUT2D eigenvalue weighted by Gasteiger charge is -2.17. The van der Waals surface area contributed by atoms with Crippen molar-refractivity contribution in [3.05, 3.63) is 11.2 Å². The first-order valence-electron chi connectivity index (χ1n) is 5.88. The molecule has 18 heavy (non-hydrogen) atoms. The van der Waals surface area contributed by atoms with Gasteiger partial charge >= 0.3 is 0 Å². The number of halogens is 1. The minimum Gasteiger partial charge on any atom is -0.316 e. The first-order chi connectivity index (χ1) is 8.50. The summed E-state index contributed by atoms with van der Waals surface area (Å²) in [6, 6.07) is 0. The largest absolute Gasteiger partial charge is 0.316 e. The van der Waals surface area contributed by atoms with Crippen LogP contribution in [0.3, 0.4) is 0 Å². The van der Waals surface area contributed by atoms with E-state index in [4.69, 9.17) is 11.6 Å². The summed E-state index contributed by atoms with van der Waals surface area (Å²) >= 11 is 5.93. The molecule has 3 rings (SSSR count). The zero-order chi connectivity index (χ0) is 12.9. The average molecular weight is 291 g/mol. The summed E-state index contributed by atoms with van der Waals surface area (Å²) in [5, 5.41) is 7.46. The predicted molar refractivity (Wildman–Crippen MR) is 66.8 cm³/mol. The van der Waals surface area contributed by atoms with Crippen LogP contribution in [0.5, 0.6) is 0 Å². The van der Waals surface area contributed by atoms with Gasteiger partial charge in [-0.25, -0.2) is 8.42 Å². The van der Waals surface area contributed by atoms with Gasteiger partial charge in [0.1, 0.15) is 0 Å². The number of sulfonamides is 1. The van der Waals surface area contributed by atoms with Gasteiger partial charge in [0.15, 0.2) is 5.03 Å². The molecule has 0 saturated carbocycles. The Labute approximate surface area is 111 Å². The van der Waals surface area contributed by atoms with Gasteiger partial charge in [-0.1, -0.05) is 11.6 Å². The van der Waals surface area contributed by atoms with Crippen LogP contribution in [0, 0.1) is 11.8 Å². The molecule has 0 aliphatic carbocycles. The van der Waals surface area contributed by atoms with Gasteiger partial charge in [0.25, 0.3) is 10.0 Å². The molecule has 0 amide bonds. The summed E-state index contributed by atoms with van der Waals surface area (Å²) < 4.78 is 27.9. The van der Waals surface area contributed by atoms with E-state index in [0.29, 0.717) is 24.9 Å². The van der Waals surface area contributed by atoms with Crippen molar-refractivity contribution in [3.63, 3.8) is 0 Å². The Morgan fingerprint density at radius 3 is 2.50 bits per heavy atom. The second-order valence-electron chi connectivity index (χ2n) is 4.92. The number of aromatic nitrogens is 2. The Bertz CT molecular complexity index is 539. The third kappa shape index (κ3) is 1.77. The lowest BCUT2D eigenvalue weighted by molar-refractivity contribution is 0.440. The van der Waals surface area contributed by atoms with Crippen LogP contribution in [-0.2, 0) is 17.1 Å². The van der Waals surface area contributed by atoms with Gasteiger partial charge in [-0.3, -0.25) is 4.68 Å². The highest BCUT2D eigenvalue weighted by Crippen LogP contribution is 2.32. The van der Waals surface area contributed by atoms with Crippen molar-refractivity contribution in [1.29, 1.82) is 0 Å². The Morgan fingerprint density at radius 1 is 1.39 bits per heavy atom. The van der Waals surface area contributed by atoms with E-state index in [2.05, 4.69) is 10.4 Å². The number of nitrogens with zero attached hydrogens (tertiary/aromatic N) is 3. The summed E-state index contributed by atoms with van der Waals surface area (Å²) in [7, 11) is -1.93. The maximum Gasteiger partial charge on any atom is 0.261 e. The standard InChI is InChI=1S/C10H15ClN4O2S/c1-14-10(9(11)4-13-14)18(16,17)15-5-7-2-12-3-8(7)6-15/h4,7-8,12H,2-3,5-6H2,1H3/t7-,8+. The molecule has 6 nitrogen and oxygen atoms in total. The highest BCUT2D eigenvalue weighted by Gasteiger charge is 2.42. The third-order valence-electron chi connectivity index (χ3n) is 3.78. The van der Waals surface area contributed by atoms with E-state index in [-0.39, 0.29) is 10.0 Å². The molecule has 0 unspecified atom stereocenters. The molecule has 100 valence electrons. The van der Waals surface area contributed by atoms with Crippen molar-refractivity contribution in [3.8, 4) is 0 Å². The fourth-order valence-electron chi connectivity index (χ4n) is 2.82. The second kappa shape index (κ2) is 4.19. The van der Waals surface area contributed by atoms with Crippen LogP contribution in [0.4, 0.5) is 0 Å². The molecule has 0 aromatic carbocycles. The van der Waals surface area contributed by atoms with Gasteiger partial charge in [0.05, 0.1) is 11.2 Å². The summed E-state index contributed by atoms with van der Waals surface area (Å²) in [5.74, 6) is 0.846. The SMILES string of the molecule is Cn1ncc(Cl)c1S(=O)(=O)N1C[C@H]2CNC[C@H]2C1. The number of rotatable bonds is 2. The molecule has 1 aromatic rings. The minimum atomic E-state index is -3.52. The maximum absolute atomic E-state index is 12.5. The minimum absolute atomic E-state index is 0.0945. The number of fused-ring (bicyclic) bond motifs is 1. The number of aryl methyl sites for hydroxylation is 1. The van der Waals surface area contributed by atoms with Crippen molar-refractivity contribution < 1.29 is 8.42 Å². The monoisotopic (exact) mass is 290 g/mol. The van der Waals surface area contributed by atoms with Gasteiger partial charge in [0, 0.05) is 20.1 Å². The molecule has 0 bridgehead atoms. The fourth-order valence-corrected chi connectivity index (χ4v) is 4.98. The molecule has 0 spiro atoms. The van der Waals surface area contributed by atoms with E-state index in [0.717, 1.165) is 13.1 Å². The molecule has 8 heteroatoms. The smallest absolute Gasteiger partial charge is 0.261 e. The van der Waals surface area contributed by atoms with E-state index in [1.54, 1.807) is 7.05 Å². The lowest BCUT2D eigenvalue weighted by atomic mass is 10.0. The molecule has 1 aromatic heterocycles. The molecule has 2 saturated heterocycles. The van der Waals surface area contributed by atoms with Crippen LogP contribution >= 0.6 is 11.6 Å². The van der Waals surface area contributed by atoms with Crippen LogP contribution in [0.1, 0.15) is 0 Å². The van der Waals surface area contributed by atoms with Crippen LogP contribution in [0.25, 0.3) is 0 Å². The van der Waals surface area contributed by atoms with E-state index in [1.807, 2.05) is 0 Å². The summed E-state index contributed by atoms with van der Waals surface area (Å²) in [6.07, 6.45) is 1.37. The van der Waals surface area contributed by atoms with Crippen LogP contribution in [0.2, 0.25) is 5.02 Å². The van der Waals surface area contributed by atoms with E-state index < -0.39 is 10.0 Å². The number of nitrogens with one attached hydrogen (secondary N) is 1. The Balaban J connectivity index is 1.92. The highest BCUT2D eigenvalue weighted by molar-refractivity contribution is 7.89. The van der Waals surface area contributed by atoms with Crippen molar-refractivity contribution in [2.24, 2.45) is 18.9 Å². The topological polar surface area (TPSA) is 67.2 Å². The second-order valence-corrected chi connectivity index (χ2v) is 7.18. The normalized spacial score (nSPS) is 28.8. The zero-order valence-corrected chi connectivity index (χ0v) is 11.6. The molecular formula is C10H15ClN4O2S. The fraction of sp³-hybridized carbons (Fsp3) is 0.700. The van der Waals surface area contributed by atoms with Crippen molar-refractivity contribution in [2.75, 3.05) is 26.2 Å². The predicted octanol–water partition coefficient (Wildman–Crippen LogP) is -0.0866. The van der Waals surface area contributed by atoms with Gasteiger partial charge < -0.3 is 5.32 Å². The third-order valence-corrected chi connectivity index (χ3v) is 6.12. The molecule has 2 aliphatic heterocycles. The summed E-state index contributed by atoms with van der Waals surface area (Å²) in [6.45, 7) is 2.94. The first-order valence-corrected chi connectivity index (χ1v) is 7.70. The molecule has 3 heterocycles. The van der Waals surface area contributed by atoms with Gasteiger partial charge in [-0.2, -0.15) is 9.40 Å². The van der Waals surface area contributed by atoms with Crippen molar-refractivity contribution in [2.45, 2.75) is 5.03 Å². The summed E-state index contributed by atoms with van der Waals surface area (Å²) in [4.78, 5) is 0. The van der Waals surface area contributed by atoms with Crippen LogP contribution in [0.15, 0.2) is 11.2 Å². The van der Waals surface area contributed by atoms with E-state index in [1.165, 1.54) is 15.2 Å². The average Bonchev–Trinajstić information content (AvgIpc) is 2.91. The molecule has 2 fully saturated rings. The van der Waals surface area contributed by atoms with Crippen molar-refractivity contribution in [1.82, 2.24) is 19.4 Å². The Hall–Kier alpha value is -0.630.